The van der Waals surface area contributed by atoms with E-state index in [1.54, 1.807) is 28.1 Å². The first-order chi connectivity index (χ1) is 14.3. The molecule has 1 aliphatic rings. The quantitative estimate of drug-likeness (QED) is 0.506. The summed E-state index contributed by atoms with van der Waals surface area (Å²) in [6, 6.07) is 15.6. The zero-order valence-electron chi connectivity index (χ0n) is 16.0. The molecular weight excluding hydrogens is 362 g/mol. The van der Waals surface area contributed by atoms with Gasteiger partial charge in [-0.1, -0.05) is 18.2 Å². The Labute approximate surface area is 169 Å². The van der Waals surface area contributed by atoms with Crippen molar-refractivity contribution in [2.75, 3.05) is 13.1 Å². The van der Waals surface area contributed by atoms with E-state index in [0.29, 0.717) is 18.8 Å². The van der Waals surface area contributed by atoms with E-state index >= 15 is 0 Å². The third-order valence-corrected chi connectivity index (χ3v) is 5.01. The van der Waals surface area contributed by atoms with Gasteiger partial charge in [0.2, 0.25) is 0 Å². The normalized spacial score (nSPS) is 14.4. The van der Waals surface area contributed by atoms with Gasteiger partial charge in [0.05, 0.1) is 5.69 Å². The van der Waals surface area contributed by atoms with E-state index in [1.807, 2.05) is 48.7 Å². The Morgan fingerprint density at radius 3 is 2.45 bits per heavy atom. The number of amides is 1. The van der Waals surface area contributed by atoms with Gasteiger partial charge in [-0.15, -0.1) is 0 Å². The van der Waals surface area contributed by atoms with E-state index in [-0.39, 0.29) is 11.5 Å². The van der Waals surface area contributed by atoms with Crippen molar-refractivity contribution in [2.24, 2.45) is 0 Å². The Hall–Kier alpha value is -3.72. The van der Waals surface area contributed by atoms with E-state index in [0.717, 1.165) is 36.1 Å². The summed E-state index contributed by atoms with van der Waals surface area (Å²) in [5.74, 6) is -0.208. The van der Waals surface area contributed by atoms with Gasteiger partial charge in [0.15, 0.2) is 0 Å². The van der Waals surface area contributed by atoms with Gasteiger partial charge in [-0.2, -0.15) is 10.4 Å². The highest BCUT2D eigenvalue weighted by atomic mass is 16.2. The van der Waals surface area contributed by atoms with E-state index in [4.69, 9.17) is 5.10 Å². The van der Waals surface area contributed by atoms with Crippen LogP contribution in [0.1, 0.15) is 24.8 Å². The number of carbonyl (C=O) groups is 1. The van der Waals surface area contributed by atoms with Crippen LogP contribution in [0.5, 0.6) is 0 Å². The summed E-state index contributed by atoms with van der Waals surface area (Å²) in [6.07, 6.45) is 10.0. The zero-order valence-corrected chi connectivity index (χ0v) is 16.0. The lowest BCUT2D eigenvalue weighted by atomic mass is 10.1. The highest BCUT2D eigenvalue weighted by Gasteiger charge is 2.21. The average molecular weight is 383 g/mol. The molecule has 0 radical (unpaired) electrons. The Morgan fingerprint density at radius 1 is 1.03 bits per heavy atom. The van der Waals surface area contributed by atoms with Crippen LogP contribution in [0.25, 0.3) is 23.0 Å². The van der Waals surface area contributed by atoms with E-state index < -0.39 is 0 Å². The predicted octanol–water partition coefficient (Wildman–Crippen LogP) is 3.85. The van der Waals surface area contributed by atoms with Crippen LogP contribution in [0, 0.1) is 11.3 Å². The van der Waals surface area contributed by atoms with Crippen molar-refractivity contribution < 1.29 is 4.79 Å². The number of rotatable bonds is 4. The molecule has 144 valence electrons. The summed E-state index contributed by atoms with van der Waals surface area (Å²) >= 11 is 0. The molecule has 29 heavy (non-hydrogen) atoms. The van der Waals surface area contributed by atoms with Gasteiger partial charge in [-0.25, -0.2) is 4.68 Å². The predicted molar refractivity (Wildman–Crippen MR) is 111 cm³/mol. The number of hydrogen-bond donors (Lipinski definition) is 0. The van der Waals surface area contributed by atoms with Crippen LogP contribution >= 0.6 is 0 Å². The second-order valence-electron chi connectivity index (χ2n) is 6.97. The topological polar surface area (TPSA) is 74.8 Å². The fraction of sp³-hybridized carbons (Fsp3) is 0.217. The Kier molecular flexibility index (Phi) is 5.48. The summed E-state index contributed by atoms with van der Waals surface area (Å²) in [5.41, 5.74) is 3.35. The number of carbonyl (C=O) groups excluding carboxylic acids is 1. The summed E-state index contributed by atoms with van der Waals surface area (Å²) in [4.78, 5) is 18.7. The molecule has 4 rings (SSSR count). The Morgan fingerprint density at radius 2 is 1.76 bits per heavy atom. The molecule has 0 atom stereocenters. The van der Waals surface area contributed by atoms with Gasteiger partial charge in [0.1, 0.15) is 17.3 Å². The number of aromatic nitrogens is 3. The van der Waals surface area contributed by atoms with Gasteiger partial charge in [0, 0.05) is 42.8 Å². The average Bonchev–Trinajstić information content (AvgIpc) is 3.23. The summed E-state index contributed by atoms with van der Waals surface area (Å²) < 4.78 is 1.77. The van der Waals surface area contributed by atoms with Crippen LogP contribution in [0.2, 0.25) is 0 Å². The largest absolute Gasteiger partial charge is 0.338 e. The number of pyridine rings is 1. The molecular formula is C23H21N5O. The zero-order chi connectivity index (χ0) is 20.1. The lowest BCUT2D eigenvalue weighted by molar-refractivity contribution is -0.127. The molecule has 6 nitrogen and oxygen atoms in total. The molecule has 6 heteroatoms. The fourth-order valence-electron chi connectivity index (χ4n) is 3.50. The molecule has 1 aliphatic heterocycles. The van der Waals surface area contributed by atoms with Gasteiger partial charge in [-0.3, -0.25) is 9.78 Å². The summed E-state index contributed by atoms with van der Waals surface area (Å²) in [5, 5.41) is 14.4. The monoisotopic (exact) mass is 383 g/mol. The highest BCUT2D eigenvalue weighted by molar-refractivity contribution is 6.02. The van der Waals surface area contributed by atoms with Crippen molar-refractivity contribution in [1.29, 1.82) is 5.26 Å². The Bertz CT molecular complexity index is 1060. The molecule has 0 spiro atoms. The van der Waals surface area contributed by atoms with Crippen molar-refractivity contribution in [3.8, 4) is 23.0 Å². The maximum absolute atomic E-state index is 12.9. The molecule has 0 saturated carbocycles. The molecule has 3 aromatic rings. The molecule has 1 fully saturated rings. The van der Waals surface area contributed by atoms with Crippen LogP contribution in [0.4, 0.5) is 0 Å². The lowest BCUT2D eigenvalue weighted by Gasteiger charge is -2.26. The molecule has 3 heterocycles. The minimum atomic E-state index is -0.208. The lowest BCUT2D eigenvalue weighted by Crippen LogP contribution is -2.36. The molecule has 0 aliphatic carbocycles. The van der Waals surface area contributed by atoms with Crippen LogP contribution in [-0.4, -0.2) is 38.7 Å². The van der Waals surface area contributed by atoms with Gasteiger partial charge in [-0.05, 0) is 49.6 Å². The minimum absolute atomic E-state index is 0.134. The first kappa shape index (κ1) is 18.6. The molecule has 1 saturated heterocycles. The van der Waals surface area contributed by atoms with Gasteiger partial charge >= 0.3 is 0 Å². The number of nitrogens with zero attached hydrogens (tertiary/aromatic N) is 5. The molecule has 0 N–H and O–H groups in total. The van der Waals surface area contributed by atoms with Crippen molar-refractivity contribution in [3.05, 3.63) is 72.2 Å². The molecule has 1 aromatic carbocycles. The van der Waals surface area contributed by atoms with Crippen LogP contribution < -0.4 is 0 Å². The van der Waals surface area contributed by atoms with E-state index in [9.17, 15) is 10.1 Å². The number of benzene rings is 1. The van der Waals surface area contributed by atoms with E-state index in [1.165, 1.54) is 0 Å². The Balaban J connectivity index is 1.76. The van der Waals surface area contributed by atoms with Gasteiger partial charge in [0.25, 0.3) is 5.91 Å². The number of hydrogen-bond acceptors (Lipinski definition) is 4. The SMILES string of the molecule is N#CC(=Cc1cn(-c2ccccc2)nc1-c1ccncc1)C(=O)N1CCCCC1. The maximum Gasteiger partial charge on any atom is 0.264 e. The van der Waals surface area contributed by atoms with Crippen LogP contribution in [-0.2, 0) is 4.79 Å². The number of nitriles is 1. The first-order valence-corrected chi connectivity index (χ1v) is 9.73. The second kappa shape index (κ2) is 8.53. The van der Waals surface area contributed by atoms with Crippen molar-refractivity contribution in [2.45, 2.75) is 19.3 Å². The second-order valence-corrected chi connectivity index (χ2v) is 6.97. The molecule has 2 aromatic heterocycles. The number of piperidine rings is 1. The standard InChI is InChI=1S/C23H21N5O/c24-16-19(23(29)27-13-5-2-6-14-27)15-20-17-28(21-7-3-1-4-8-21)26-22(20)18-9-11-25-12-10-18/h1,3-4,7-12,15,17H,2,5-6,13-14H2. The van der Waals surface area contributed by atoms with Crippen molar-refractivity contribution in [1.82, 2.24) is 19.7 Å². The van der Waals surface area contributed by atoms with E-state index in [2.05, 4.69) is 11.1 Å². The minimum Gasteiger partial charge on any atom is -0.338 e. The smallest absolute Gasteiger partial charge is 0.264 e. The number of para-hydroxylation sites is 1. The summed E-state index contributed by atoms with van der Waals surface area (Å²) in [7, 11) is 0. The third kappa shape index (κ3) is 4.09. The molecule has 0 bridgehead atoms. The third-order valence-electron chi connectivity index (χ3n) is 5.01. The fourth-order valence-corrected chi connectivity index (χ4v) is 3.50. The first-order valence-electron chi connectivity index (χ1n) is 9.73. The number of likely N-dealkylation sites (tertiary alicyclic amines) is 1. The van der Waals surface area contributed by atoms with Gasteiger partial charge < -0.3 is 4.90 Å². The van der Waals surface area contributed by atoms with Crippen molar-refractivity contribution in [3.63, 3.8) is 0 Å². The maximum atomic E-state index is 12.9. The molecule has 0 unspecified atom stereocenters. The highest BCUT2D eigenvalue weighted by Crippen LogP contribution is 2.26. The van der Waals surface area contributed by atoms with Crippen LogP contribution in [0.15, 0.2) is 66.6 Å². The molecule has 1 amide bonds. The summed E-state index contributed by atoms with van der Waals surface area (Å²) in [6.45, 7) is 1.41. The van der Waals surface area contributed by atoms with Crippen molar-refractivity contribution >= 4 is 12.0 Å². The van der Waals surface area contributed by atoms with Crippen LogP contribution in [0.3, 0.4) is 0 Å².